The van der Waals surface area contributed by atoms with Crippen LogP contribution in [0.1, 0.15) is 44.7 Å². The lowest BCUT2D eigenvalue weighted by molar-refractivity contribution is 0.414. The number of halogens is 1. The summed E-state index contributed by atoms with van der Waals surface area (Å²) in [6, 6.07) is 8.64. The maximum absolute atomic E-state index is 6.04. The van der Waals surface area contributed by atoms with E-state index in [4.69, 9.17) is 11.6 Å². The molecular formula is C15H22ClN. The summed E-state index contributed by atoms with van der Waals surface area (Å²) in [5, 5.41) is 4.51. The standard InChI is InChI=1S/C15H22ClN/c1-3-15(13-5-4-6-14(16)9-13)17-10-11(2)12-7-8-12/h4-6,9,11-12,15,17H,3,7-8,10H2,1-2H3. The van der Waals surface area contributed by atoms with Gasteiger partial charge in [-0.05, 0) is 55.3 Å². The molecule has 0 aliphatic heterocycles. The molecule has 1 fully saturated rings. The topological polar surface area (TPSA) is 12.0 Å². The van der Waals surface area contributed by atoms with Gasteiger partial charge in [0.1, 0.15) is 0 Å². The highest BCUT2D eigenvalue weighted by Gasteiger charge is 2.27. The summed E-state index contributed by atoms with van der Waals surface area (Å²) in [4.78, 5) is 0. The Labute approximate surface area is 110 Å². The molecule has 0 amide bonds. The van der Waals surface area contributed by atoms with Crippen LogP contribution in [0, 0.1) is 11.8 Å². The van der Waals surface area contributed by atoms with E-state index in [0.29, 0.717) is 6.04 Å². The molecule has 1 aromatic rings. The average molecular weight is 252 g/mol. The fourth-order valence-electron chi connectivity index (χ4n) is 2.38. The third-order valence-electron chi connectivity index (χ3n) is 3.77. The van der Waals surface area contributed by atoms with Crippen molar-refractivity contribution in [1.29, 1.82) is 0 Å². The molecule has 17 heavy (non-hydrogen) atoms. The van der Waals surface area contributed by atoms with Gasteiger partial charge in [-0.2, -0.15) is 0 Å². The van der Waals surface area contributed by atoms with Crippen molar-refractivity contribution in [2.75, 3.05) is 6.54 Å². The van der Waals surface area contributed by atoms with E-state index in [9.17, 15) is 0 Å². The van der Waals surface area contributed by atoms with Crippen LogP contribution in [0.2, 0.25) is 5.02 Å². The van der Waals surface area contributed by atoms with E-state index >= 15 is 0 Å². The Balaban J connectivity index is 1.91. The smallest absolute Gasteiger partial charge is 0.0409 e. The third kappa shape index (κ3) is 3.72. The summed E-state index contributed by atoms with van der Waals surface area (Å²) in [5.41, 5.74) is 1.31. The molecule has 2 unspecified atom stereocenters. The van der Waals surface area contributed by atoms with Crippen LogP contribution < -0.4 is 5.32 Å². The Morgan fingerprint density at radius 2 is 2.18 bits per heavy atom. The van der Waals surface area contributed by atoms with Crippen LogP contribution in [-0.4, -0.2) is 6.54 Å². The van der Waals surface area contributed by atoms with Gasteiger partial charge in [-0.1, -0.05) is 37.6 Å². The molecule has 1 nitrogen and oxygen atoms in total. The number of hydrogen-bond acceptors (Lipinski definition) is 1. The van der Waals surface area contributed by atoms with Crippen LogP contribution >= 0.6 is 11.6 Å². The third-order valence-corrected chi connectivity index (χ3v) is 4.01. The van der Waals surface area contributed by atoms with Gasteiger partial charge in [0.25, 0.3) is 0 Å². The second-order valence-corrected chi connectivity index (χ2v) is 5.68. The fraction of sp³-hybridized carbons (Fsp3) is 0.600. The zero-order chi connectivity index (χ0) is 12.3. The lowest BCUT2D eigenvalue weighted by Gasteiger charge is -2.20. The van der Waals surface area contributed by atoms with Crippen LogP contribution in [0.15, 0.2) is 24.3 Å². The van der Waals surface area contributed by atoms with E-state index in [1.165, 1.54) is 18.4 Å². The molecule has 0 aromatic heterocycles. The highest BCUT2D eigenvalue weighted by Crippen LogP contribution is 2.36. The van der Waals surface area contributed by atoms with Gasteiger partial charge in [0.05, 0.1) is 0 Å². The van der Waals surface area contributed by atoms with Crippen LogP contribution in [-0.2, 0) is 0 Å². The normalized spacial score (nSPS) is 19.0. The predicted molar refractivity (Wildman–Crippen MR) is 74.4 cm³/mol. The first kappa shape index (κ1) is 12.9. The van der Waals surface area contributed by atoms with Crippen molar-refractivity contribution in [1.82, 2.24) is 5.32 Å². The van der Waals surface area contributed by atoms with Crippen molar-refractivity contribution >= 4 is 11.6 Å². The van der Waals surface area contributed by atoms with Crippen LogP contribution in [0.5, 0.6) is 0 Å². The highest BCUT2D eigenvalue weighted by molar-refractivity contribution is 6.30. The van der Waals surface area contributed by atoms with Gasteiger partial charge in [-0.25, -0.2) is 0 Å². The van der Waals surface area contributed by atoms with Crippen molar-refractivity contribution in [3.8, 4) is 0 Å². The summed E-state index contributed by atoms with van der Waals surface area (Å²) in [5.74, 6) is 1.78. The monoisotopic (exact) mass is 251 g/mol. The van der Waals surface area contributed by atoms with Gasteiger partial charge in [-0.3, -0.25) is 0 Å². The maximum atomic E-state index is 6.04. The van der Waals surface area contributed by atoms with Crippen LogP contribution in [0.25, 0.3) is 0 Å². The van der Waals surface area contributed by atoms with E-state index in [1.54, 1.807) is 0 Å². The molecule has 94 valence electrons. The molecule has 0 heterocycles. The minimum Gasteiger partial charge on any atom is -0.310 e. The highest BCUT2D eigenvalue weighted by atomic mass is 35.5. The quantitative estimate of drug-likeness (QED) is 0.789. The summed E-state index contributed by atoms with van der Waals surface area (Å²) in [6.45, 7) is 5.70. The fourth-order valence-corrected chi connectivity index (χ4v) is 2.58. The van der Waals surface area contributed by atoms with E-state index < -0.39 is 0 Å². The molecule has 0 radical (unpaired) electrons. The molecule has 1 aromatic carbocycles. The number of rotatable bonds is 6. The van der Waals surface area contributed by atoms with E-state index in [1.807, 2.05) is 12.1 Å². The Hall–Kier alpha value is -0.530. The Morgan fingerprint density at radius 1 is 1.41 bits per heavy atom. The van der Waals surface area contributed by atoms with E-state index in [0.717, 1.165) is 29.8 Å². The molecule has 1 saturated carbocycles. The average Bonchev–Trinajstić information content (AvgIpc) is 3.13. The number of nitrogens with one attached hydrogen (secondary N) is 1. The molecule has 0 bridgehead atoms. The van der Waals surface area contributed by atoms with Gasteiger partial charge in [0, 0.05) is 11.1 Å². The first-order valence-electron chi connectivity index (χ1n) is 6.69. The summed E-state index contributed by atoms with van der Waals surface area (Å²) in [6.07, 6.45) is 3.96. The molecule has 0 spiro atoms. The predicted octanol–water partition coefficient (Wildman–Crippen LogP) is 4.43. The molecule has 0 saturated heterocycles. The Kier molecular flexibility index (Phi) is 4.47. The first-order valence-corrected chi connectivity index (χ1v) is 7.07. The van der Waals surface area contributed by atoms with Gasteiger partial charge in [-0.15, -0.1) is 0 Å². The Morgan fingerprint density at radius 3 is 2.76 bits per heavy atom. The SMILES string of the molecule is CCC(NCC(C)C1CC1)c1cccc(Cl)c1. The largest absolute Gasteiger partial charge is 0.310 e. The van der Waals surface area contributed by atoms with Crippen LogP contribution in [0.3, 0.4) is 0 Å². The van der Waals surface area contributed by atoms with E-state index in [2.05, 4.69) is 31.3 Å². The second-order valence-electron chi connectivity index (χ2n) is 5.24. The zero-order valence-corrected chi connectivity index (χ0v) is 11.5. The number of hydrogen-bond donors (Lipinski definition) is 1. The first-order chi connectivity index (χ1) is 8.20. The molecule has 2 atom stereocenters. The molecule has 1 aliphatic rings. The zero-order valence-electron chi connectivity index (χ0n) is 10.7. The maximum Gasteiger partial charge on any atom is 0.0409 e. The van der Waals surface area contributed by atoms with Crippen molar-refractivity contribution in [3.05, 3.63) is 34.9 Å². The molecule has 1 aliphatic carbocycles. The van der Waals surface area contributed by atoms with Gasteiger partial charge >= 0.3 is 0 Å². The molecule has 1 N–H and O–H groups in total. The van der Waals surface area contributed by atoms with Crippen molar-refractivity contribution in [2.24, 2.45) is 11.8 Å². The van der Waals surface area contributed by atoms with Crippen molar-refractivity contribution < 1.29 is 0 Å². The lowest BCUT2D eigenvalue weighted by atomic mass is 10.0. The molecule has 2 heteroatoms. The lowest BCUT2D eigenvalue weighted by Crippen LogP contribution is -2.26. The van der Waals surface area contributed by atoms with Gasteiger partial charge < -0.3 is 5.32 Å². The van der Waals surface area contributed by atoms with Crippen molar-refractivity contribution in [2.45, 2.75) is 39.2 Å². The second kappa shape index (κ2) is 5.88. The summed E-state index contributed by atoms with van der Waals surface area (Å²) < 4.78 is 0. The Bertz CT molecular complexity index is 360. The number of benzene rings is 1. The minimum absolute atomic E-state index is 0.440. The van der Waals surface area contributed by atoms with Crippen molar-refractivity contribution in [3.63, 3.8) is 0 Å². The van der Waals surface area contributed by atoms with E-state index in [-0.39, 0.29) is 0 Å². The minimum atomic E-state index is 0.440. The molecule has 2 rings (SSSR count). The summed E-state index contributed by atoms with van der Waals surface area (Å²) >= 11 is 6.04. The van der Waals surface area contributed by atoms with Gasteiger partial charge in [0.15, 0.2) is 0 Å². The molecular weight excluding hydrogens is 230 g/mol. The van der Waals surface area contributed by atoms with Crippen LogP contribution in [0.4, 0.5) is 0 Å². The summed E-state index contributed by atoms with van der Waals surface area (Å²) in [7, 11) is 0. The van der Waals surface area contributed by atoms with Gasteiger partial charge in [0.2, 0.25) is 0 Å².